The van der Waals surface area contributed by atoms with Gasteiger partial charge in [0.25, 0.3) is 0 Å². The Labute approximate surface area is 302 Å². The smallest absolute Gasteiger partial charge is 0.187 e. The third-order valence-corrected chi connectivity index (χ3v) is 10.4. The highest BCUT2D eigenvalue weighted by Gasteiger charge is 2.19. The number of hydrogen-bond acceptors (Lipinski definition) is 1. The van der Waals surface area contributed by atoms with Crippen LogP contribution < -0.4 is 4.90 Å². The lowest BCUT2D eigenvalue weighted by molar-refractivity contribution is 1.18. The van der Waals surface area contributed by atoms with Gasteiger partial charge in [-0.3, -0.25) is 0 Å². The van der Waals surface area contributed by atoms with Crippen LogP contribution in [-0.2, 0) is 0 Å². The number of hydrogen-bond donors (Lipinski definition) is 0. The van der Waals surface area contributed by atoms with Crippen LogP contribution in [0.1, 0.15) is 0 Å². The largest absolute Gasteiger partial charge is 0.310 e. The van der Waals surface area contributed by atoms with Gasteiger partial charge in [0.2, 0.25) is 0 Å². The van der Waals surface area contributed by atoms with Crippen molar-refractivity contribution in [2.24, 2.45) is 0 Å². The molecule has 0 atom stereocenters. The molecule has 10 aromatic rings. The normalized spacial score (nSPS) is 11.4. The predicted molar refractivity (Wildman–Crippen MR) is 219 cm³/mol. The molecule has 0 saturated carbocycles. The molecule has 242 valence electrons. The van der Waals surface area contributed by atoms with Crippen molar-refractivity contribution < 1.29 is 0 Å². The number of para-hydroxylation sites is 1. The minimum Gasteiger partial charge on any atom is -0.310 e. The molecule has 52 heavy (non-hydrogen) atoms. The molecule has 3 heteroatoms. The second kappa shape index (κ2) is 12.0. The molecule has 3 nitrogen and oxygen atoms in total. The molecule has 1 heterocycles. The second-order valence-corrected chi connectivity index (χ2v) is 13.3. The molecule has 0 amide bonds. The topological polar surface area (TPSA) is 12.5 Å². The summed E-state index contributed by atoms with van der Waals surface area (Å²) in [7, 11) is 0. The Morgan fingerprint density at radius 3 is 1.81 bits per heavy atom. The zero-order valence-corrected chi connectivity index (χ0v) is 28.2. The maximum Gasteiger partial charge on any atom is 0.187 e. The van der Waals surface area contributed by atoms with E-state index in [-0.39, 0.29) is 0 Å². The number of anilines is 3. The van der Waals surface area contributed by atoms with Crippen molar-refractivity contribution in [2.45, 2.75) is 0 Å². The second-order valence-electron chi connectivity index (χ2n) is 13.3. The number of benzene rings is 9. The molecular weight excluding hydrogens is 631 g/mol. The Morgan fingerprint density at radius 1 is 0.423 bits per heavy atom. The summed E-state index contributed by atoms with van der Waals surface area (Å²) < 4.78 is 2.39. The van der Waals surface area contributed by atoms with Gasteiger partial charge in [0.05, 0.1) is 23.3 Å². The molecule has 0 bridgehead atoms. The third-order valence-electron chi connectivity index (χ3n) is 10.4. The summed E-state index contributed by atoms with van der Waals surface area (Å²) in [6.45, 7) is 7.45. The minimum atomic E-state index is 0.629. The van der Waals surface area contributed by atoms with Gasteiger partial charge in [-0.1, -0.05) is 133 Å². The first-order valence-corrected chi connectivity index (χ1v) is 17.6. The first kappa shape index (κ1) is 29.7. The highest BCUT2D eigenvalue weighted by atomic mass is 15.1. The molecule has 0 N–H and O–H groups in total. The third kappa shape index (κ3) is 4.74. The Morgan fingerprint density at radius 2 is 1.04 bits per heavy atom. The summed E-state index contributed by atoms with van der Waals surface area (Å²) in [5.74, 6) is 0. The fourth-order valence-corrected chi connectivity index (χ4v) is 7.95. The molecule has 0 spiro atoms. The van der Waals surface area contributed by atoms with E-state index < -0.39 is 0 Å². The lowest BCUT2D eigenvalue weighted by atomic mass is 9.93. The van der Waals surface area contributed by atoms with Crippen LogP contribution in [0.5, 0.6) is 0 Å². The van der Waals surface area contributed by atoms with Gasteiger partial charge < -0.3 is 9.47 Å². The Bertz CT molecular complexity index is 2930. The monoisotopic (exact) mass is 661 g/mol. The van der Waals surface area contributed by atoms with E-state index in [0.717, 1.165) is 22.6 Å². The summed E-state index contributed by atoms with van der Waals surface area (Å²) in [6.07, 6.45) is 0. The summed E-state index contributed by atoms with van der Waals surface area (Å²) >= 11 is 0. The number of aromatic nitrogens is 1. The zero-order chi connectivity index (χ0) is 34.6. The molecule has 0 unspecified atom stereocenters. The molecule has 0 radical (unpaired) electrons. The van der Waals surface area contributed by atoms with Crippen molar-refractivity contribution in [3.8, 4) is 27.9 Å². The van der Waals surface area contributed by atoms with Crippen LogP contribution in [0.15, 0.2) is 188 Å². The predicted octanol–water partition coefficient (Wildman–Crippen LogP) is 13.9. The average molecular weight is 662 g/mol. The van der Waals surface area contributed by atoms with E-state index in [1.807, 2.05) is 24.3 Å². The van der Waals surface area contributed by atoms with Crippen molar-refractivity contribution in [3.63, 3.8) is 0 Å². The van der Waals surface area contributed by atoms with E-state index in [9.17, 15) is 0 Å². The van der Waals surface area contributed by atoms with Crippen LogP contribution in [0.2, 0.25) is 0 Å². The van der Waals surface area contributed by atoms with Gasteiger partial charge in [0.15, 0.2) is 5.69 Å². The van der Waals surface area contributed by atoms with Crippen molar-refractivity contribution in [2.75, 3.05) is 4.90 Å². The van der Waals surface area contributed by atoms with E-state index in [4.69, 9.17) is 6.57 Å². The van der Waals surface area contributed by atoms with Gasteiger partial charge in [0.1, 0.15) is 0 Å². The van der Waals surface area contributed by atoms with Gasteiger partial charge >= 0.3 is 0 Å². The standard InChI is InChI=1S/C49H31N3/c1-50-38-24-28-41(29-25-38)51(45-15-7-10-35-9-5-6-14-43(35)45)40-26-21-34(22-27-40)33-17-19-36(20-18-33)42-31-32-47-49-44(42)30-23-37-11-8-16-46(48(37)49)52(47)39-12-3-2-4-13-39/h2-32H. The van der Waals surface area contributed by atoms with Crippen molar-refractivity contribution in [1.82, 2.24) is 4.57 Å². The van der Waals surface area contributed by atoms with Crippen LogP contribution in [0.25, 0.3) is 76.1 Å². The quantitative estimate of drug-likeness (QED) is 0.128. The fraction of sp³-hybridized carbons (Fsp3) is 0. The van der Waals surface area contributed by atoms with Crippen molar-refractivity contribution in [1.29, 1.82) is 0 Å². The average Bonchev–Trinajstić information content (AvgIpc) is 3.56. The molecule has 0 aliphatic carbocycles. The maximum absolute atomic E-state index is 7.45. The van der Waals surface area contributed by atoms with E-state index >= 15 is 0 Å². The highest BCUT2D eigenvalue weighted by Crippen LogP contribution is 2.43. The lowest BCUT2D eigenvalue weighted by Crippen LogP contribution is -2.10. The van der Waals surface area contributed by atoms with E-state index in [1.54, 1.807) is 0 Å². The van der Waals surface area contributed by atoms with Gasteiger partial charge in [0, 0.05) is 33.2 Å². The molecule has 9 aromatic carbocycles. The molecule has 0 aliphatic rings. The van der Waals surface area contributed by atoms with E-state index in [0.29, 0.717) is 5.69 Å². The fourth-order valence-electron chi connectivity index (χ4n) is 7.95. The Kier molecular flexibility index (Phi) is 6.87. The van der Waals surface area contributed by atoms with E-state index in [2.05, 4.69) is 178 Å². The summed E-state index contributed by atoms with van der Waals surface area (Å²) in [5.41, 5.74) is 12.2. The van der Waals surface area contributed by atoms with Crippen LogP contribution in [0.3, 0.4) is 0 Å². The van der Waals surface area contributed by atoms with E-state index in [1.165, 1.54) is 65.7 Å². The van der Waals surface area contributed by atoms with Crippen LogP contribution >= 0.6 is 0 Å². The molecule has 10 rings (SSSR count). The number of rotatable bonds is 6. The van der Waals surface area contributed by atoms with Crippen molar-refractivity contribution in [3.05, 3.63) is 199 Å². The zero-order valence-electron chi connectivity index (χ0n) is 28.2. The molecule has 1 aromatic heterocycles. The van der Waals surface area contributed by atoms with Crippen LogP contribution in [-0.4, -0.2) is 4.57 Å². The first-order valence-electron chi connectivity index (χ1n) is 17.6. The SMILES string of the molecule is [C-]#[N+]c1ccc(N(c2ccc(-c3ccc(-c4ccc5c6c4ccc4cccc(c46)n5-c4ccccc4)cc3)cc2)c2cccc3ccccc23)cc1. The summed E-state index contributed by atoms with van der Waals surface area (Å²) in [6, 6.07) is 66.9. The summed E-state index contributed by atoms with van der Waals surface area (Å²) in [4.78, 5) is 5.89. The molecule has 0 saturated heterocycles. The highest BCUT2D eigenvalue weighted by molar-refractivity contribution is 6.26. The number of nitrogens with zero attached hydrogens (tertiary/aromatic N) is 3. The number of fused-ring (bicyclic) bond motifs is 1. The first-order chi connectivity index (χ1) is 25.7. The Hall–Kier alpha value is -7.15. The molecule has 0 aliphatic heterocycles. The molecule has 0 fully saturated rings. The Balaban J connectivity index is 1.02. The molecular formula is C49H31N3. The summed E-state index contributed by atoms with van der Waals surface area (Å²) in [5, 5.41) is 7.52. The minimum absolute atomic E-state index is 0.629. The lowest BCUT2D eigenvalue weighted by Gasteiger charge is -2.27. The van der Waals surface area contributed by atoms with Gasteiger partial charge in [-0.2, -0.15) is 0 Å². The van der Waals surface area contributed by atoms with Crippen LogP contribution in [0, 0.1) is 6.57 Å². The van der Waals surface area contributed by atoms with Crippen molar-refractivity contribution >= 4 is 66.1 Å². The maximum atomic E-state index is 7.45. The van der Waals surface area contributed by atoms with Gasteiger partial charge in [-0.25, -0.2) is 4.85 Å². The van der Waals surface area contributed by atoms with Gasteiger partial charge in [-0.05, 0) is 93.0 Å². The van der Waals surface area contributed by atoms with Gasteiger partial charge in [-0.15, -0.1) is 0 Å². The van der Waals surface area contributed by atoms with Crippen LogP contribution in [0.4, 0.5) is 22.7 Å².